The van der Waals surface area contributed by atoms with Gasteiger partial charge in [0.15, 0.2) is 0 Å². The van der Waals surface area contributed by atoms with Gasteiger partial charge in [-0.05, 0) is 67.1 Å². The van der Waals surface area contributed by atoms with E-state index < -0.39 is 0 Å². The Kier molecular flexibility index (Phi) is 7.64. The molecule has 4 rings (SSSR count). The molecule has 3 aromatic carbocycles. The van der Waals surface area contributed by atoms with Crippen molar-refractivity contribution in [2.45, 2.75) is 22.8 Å². The predicted octanol–water partition coefficient (Wildman–Crippen LogP) is 8.33. The number of nitrogens with zero attached hydrogens (tertiary/aromatic N) is 2. The van der Waals surface area contributed by atoms with Crippen LogP contribution in [0.3, 0.4) is 0 Å². The molecule has 1 heterocycles. The highest BCUT2D eigenvalue weighted by Crippen LogP contribution is 2.39. The Labute approximate surface area is 208 Å². The highest BCUT2D eigenvalue weighted by molar-refractivity contribution is 7.99. The SMILES string of the molecule is CC(c1cc(Cl)ccc1Sc1ccc(Cl)c(Cl)c1)N1CCN(c2cccc(Cl)c2)CC1. The molecular formula is C24H22Cl4N2S. The van der Waals surface area contributed by atoms with Crippen molar-refractivity contribution in [3.8, 4) is 0 Å². The molecule has 3 aromatic rings. The fourth-order valence-electron chi connectivity index (χ4n) is 3.84. The first-order valence-corrected chi connectivity index (χ1v) is 12.4. The van der Waals surface area contributed by atoms with Crippen LogP contribution in [0.5, 0.6) is 0 Å². The van der Waals surface area contributed by atoms with E-state index in [2.05, 4.69) is 34.9 Å². The highest BCUT2D eigenvalue weighted by Gasteiger charge is 2.24. The highest BCUT2D eigenvalue weighted by atomic mass is 35.5. The molecule has 0 amide bonds. The molecule has 7 heteroatoms. The molecule has 1 saturated heterocycles. The lowest BCUT2D eigenvalue weighted by Crippen LogP contribution is -2.47. The summed E-state index contributed by atoms with van der Waals surface area (Å²) < 4.78 is 0. The van der Waals surface area contributed by atoms with Crippen LogP contribution in [0.2, 0.25) is 20.1 Å². The largest absolute Gasteiger partial charge is 0.369 e. The fraction of sp³-hybridized carbons (Fsp3) is 0.250. The van der Waals surface area contributed by atoms with Gasteiger partial charge in [0.25, 0.3) is 0 Å². The first-order valence-electron chi connectivity index (χ1n) is 10.1. The van der Waals surface area contributed by atoms with Crippen molar-refractivity contribution in [3.05, 3.63) is 86.3 Å². The molecule has 1 fully saturated rings. The standard InChI is InChI=1S/C24H22Cl4N2S/c1-16(29-9-11-30(12-10-29)19-4-2-3-17(25)13-19)21-14-18(26)5-8-24(21)31-20-6-7-22(27)23(28)15-20/h2-8,13-16H,9-12H2,1H3. The molecule has 1 atom stereocenters. The van der Waals surface area contributed by atoms with E-state index in [0.29, 0.717) is 10.0 Å². The van der Waals surface area contributed by atoms with Crippen LogP contribution < -0.4 is 4.90 Å². The zero-order chi connectivity index (χ0) is 22.0. The Morgan fingerprint density at radius 3 is 2.23 bits per heavy atom. The van der Waals surface area contributed by atoms with E-state index in [0.717, 1.165) is 41.1 Å². The number of piperazine rings is 1. The average Bonchev–Trinajstić information content (AvgIpc) is 2.77. The van der Waals surface area contributed by atoms with E-state index in [-0.39, 0.29) is 6.04 Å². The summed E-state index contributed by atoms with van der Waals surface area (Å²) in [6, 6.07) is 20.1. The van der Waals surface area contributed by atoms with Gasteiger partial charge in [-0.25, -0.2) is 0 Å². The number of benzene rings is 3. The molecule has 0 radical (unpaired) electrons. The van der Waals surface area contributed by atoms with Gasteiger partial charge in [-0.1, -0.05) is 64.2 Å². The summed E-state index contributed by atoms with van der Waals surface area (Å²) in [5.74, 6) is 0. The molecule has 1 aliphatic rings. The molecule has 0 N–H and O–H groups in total. The van der Waals surface area contributed by atoms with E-state index in [4.69, 9.17) is 46.4 Å². The molecule has 0 saturated carbocycles. The van der Waals surface area contributed by atoms with Crippen molar-refractivity contribution in [1.29, 1.82) is 0 Å². The van der Waals surface area contributed by atoms with Crippen LogP contribution in [0, 0.1) is 0 Å². The Morgan fingerprint density at radius 2 is 1.52 bits per heavy atom. The average molecular weight is 512 g/mol. The molecule has 1 aliphatic heterocycles. The van der Waals surface area contributed by atoms with Crippen LogP contribution in [0.1, 0.15) is 18.5 Å². The van der Waals surface area contributed by atoms with E-state index >= 15 is 0 Å². The van der Waals surface area contributed by atoms with Gasteiger partial charge in [-0.2, -0.15) is 0 Å². The minimum absolute atomic E-state index is 0.241. The molecule has 0 aromatic heterocycles. The maximum atomic E-state index is 6.38. The fourth-order valence-corrected chi connectivity index (χ4v) is 5.62. The topological polar surface area (TPSA) is 6.48 Å². The third-order valence-corrected chi connectivity index (χ3v) is 7.87. The maximum absolute atomic E-state index is 6.38. The second-order valence-electron chi connectivity index (χ2n) is 7.54. The van der Waals surface area contributed by atoms with Crippen molar-refractivity contribution in [2.75, 3.05) is 31.1 Å². The van der Waals surface area contributed by atoms with Gasteiger partial charge in [0.2, 0.25) is 0 Å². The maximum Gasteiger partial charge on any atom is 0.0603 e. The van der Waals surface area contributed by atoms with Gasteiger partial charge in [0.05, 0.1) is 10.0 Å². The van der Waals surface area contributed by atoms with Crippen molar-refractivity contribution < 1.29 is 0 Å². The first kappa shape index (κ1) is 23.1. The molecule has 0 aliphatic carbocycles. The van der Waals surface area contributed by atoms with Crippen molar-refractivity contribution in [3.63, 3.8) is 0 Å². The third kappa shape index (κ3) is 5.65. The number of hydrogen-bond acceptors (Lipinski definition) is 3. The number of halogens is 4. The predicted molar refractivity (Wildman–Crippen MR) is 136 cm³/mol. The third-order valence-electron chi connectivity index (χ3n) is 5.58. The minimum Gasteiger partial charge on any atom is -0.369 e. The van der Waals surface area contributed by atoms with Crippen LogP contribution in [-0.2, 0) is 0 Å². The summed E-state index contributed by atoms with van der Waals surface area (Å²) >= 11 is 26.5. The quantitative estimate of drug-likeness (QED) is 0.339. The first-order chi connectivity index (χ1) is 14.9. The van der Waals surface area contributed by atoms with Crippen LogP contribution in [0.4, 0.5) is 5.69 Å². The van der Waals surface area contributed by atoms with E-state index in [9.17, 15) is 0 Å². The number of anilines is 1. The van der Waals surface area contributed by atoms with Crippen LogP contribution in [-0.4, -0.2) is 31.1 Å². The van der Waals surface area contributed by atoms with Crippen LogP contribution in [0.15, 0.2) is 70.5 Å². The Hall–Kier alpha value is -1.07. The summed E-state index contributed by atoms with van der Waals surface area (Å²) in [6.45, 7) is 6.11. The molecule has 1 unspecified atom stereocenters. The number of rotatable bonds is 5. The van der Waals surface area contributed by atoms with E-state index in [1.165, 1.54) is 16.1 Å². The zero-order valence-electron chi connectivity index (χ0n) is 17.0. The Morgan fingerprint density at radius 1 is 0.774 bits per heavy atom. The Balaban J connectivity index is 1.50. The van der Waals surface area contributed by atoms with Gasteiger partial charge in [-0.3, -0.25) is 4.90 Å². The van der Waals surface area contributed by atoms with Gasteiger partial charge < -0.3 is 4.90 Å². The summed E-state index contributed by atoms with van der Waals surface area (Å²) in [7, 11) is 0. The Bertz CT molecular complexity index is 1070. The molecule has 31 heavy (non-hydrogen) atoms. The monoisotopic (exact) mass is 510 g/mol. The second-order valence-corrected chi connectivity index (χ2v) is 10.3. The summed E-state index contributed by atoms with van der Waals surface area (Å²) in [5, 5.41) is 2.65. The van der Waals surface area contributed by atoms with Crippen LogP contribution in [0.25, 0.3) is 0 Å². The lowest BCUT2D eigenvalue weighted by atomic mass is 10.1. The number of hydrogen-bond donors (Lipinski definition) is 0. The van der Waals surface area contributed by atoms with E-state index in [1.807, 2.05) is 42.5 Å². The summed E-state index contributed by atoms with van der Waals surface area (Å²) in [5.41, 5.74) is 2.40. The van der Waals surface area contributed by atoms with Gasteiger partial charge in [0, 0.05) is 57.7 Å². The van der Waals surface area contributed by atoms with Crippen molar-refractivity contribution in [2.24, 2.45) is 0 Å². The molecule has 0 bridgehead atoms. The minimum atomic E-state index is 0.241. The van der Waals surface area contributed by atoms with Gasteiger partial charge >= 0.3 is 0 Å². The second kappa shape index (κ2) is 10.2. The lowest BCUT2D eigenvalue weighted by Gasteiger charge is -2.39. The normalized spacial score (nSPS) is 15.8. The molecule has 0 spiro atoms. The van der Waals surface area contributed by atoms with Crippen molar-refractivity contribution in [1.82, 2.24) is 4.90 Å². The van der Waals surface area contributed by atoms with Gasteiger partial charge in [0.1, 0.15) is 0 Å². The van der Waals surface area contributed by atoms with Gasteiger partial charge in [-0.15, -0.1) is 0 Å². The summed E-state index contributed by atoms with van der Waals surface area (Å²) in [6.07, 6.45) is 0. The van der Waals surface area contributed by atoms with Crippen molar-refractivity contribution >= 4 is 63.9 Å². The summed E-state index contributed by atoms with van der Waals surface area (Å²) in [4.78, 5) is 7.12. The van der Waals surface area contributed by atoms with E-state index in [1.54, 1.807) is 11.8 Å². The van der Waals surface area contributed by atoms with Crippen LogP contribution >= 0.6 is 58.2 Å². The lowest BCUT2D eigenvalue weighted by molar-refractivity contribution is 0.196. The molecular weight excluding hydrogens is 490 g/mol. The molecule has 2 nitrogen and oxygen atoms in total. The smallest absolute Gasteiger partial charge is 0.0603 e. The molecule has 162 valence electrons. The zero-order valence-corrected chi connectivity index (χ0v) is 20.8.